The van der Waals surface area contributed by atoms with Gasteiger partial charge in [-0.25, -0.2) is 13.1 Å². The Hall–Kier alpha value is -3.62. The summed E-state index contributed by atoms with van der Waals surface area (Å²) in [6, 6.07) is 18.2. The summed E-state index contributed by atoms with van der Waals surface area (Å²) in [7, 11) is -3.98. The topological polar surface area (TPSA) is 102 Å². The van der Waals surface area contributed by atoms with Gasteiger partial charge in [-0.15, -0.1) is 0 Å². The number of aryl methyl sites for hydroxylation is 3. The van der Waals surface area contributed by atoms with Gasteiger partial charge in [-0.1, -0.05) is 54.1 Å². The predicted octanol–water partition coefficient (Wildman–Crippen LogP) is 5.45. The fourth-order valence-corrected chi connectivity index (χ4v) is 6.24. The summed E-state index contributed by atoms with van der Waals surface area (Å²) in [5.74, 6) is -0.177. The van der Waals surface area contributed by atoms with Gasteiger partial charge in [0.05, 0.1) is 11.5 Å². The summed E-state index contributed by atoms with van der Waals surface area (Å²) in [6.45, 7) is 6.05. The molecule has 40 heavy (non-hydrogen) atoms. The van der Waals surface area contributed by atoms with Crippen molar-refractivity contribution in [3.05, 3.63) is 99.1 Å². The molecule has 0 fully saturated rings. The molecule has 2 amide bonds. The van der Waals surface area contributed by atoms with Crippen molar-refractivity contribution in [2.24, 2.45) is 0 Å². The summed E-state index contributed by atoms with van der Waals surface area (Å²) in [5.41, 5.74) is 6.22. The Morgan fingerprint density at radius 2 is 1.62 bits per heavy atom. The molecule has 0 aliphatic heterocycles. The van der Waals surface area contributed by atoms with Crippen LogP contribution in [-0.4, -0.2) is 33.4 Å². The SMILES string of the molecule is Cc1ccccc1S(=O)(=O)NC(=O)CCNC(=O)C1=C(CCCOc2cc(C)c(Cl)c(C)c2)c2ccccc2C1. The molecule has 0 bridgehead atoms. The molecule has 7 nitrogen and oxygen atoms in total. The van der Waals surface area contributed by atoms with Gasteiger partial charge in [0.25, 0.3) is 10.0 Å². The van der Waals surface area contributed by atoms with E-state index in [0.29, 0.717) is 37.0 Å². The molecule has 0 heterocycles. The van der Waals surface area contributed by atoms with Gasteiger partial charge in [-0.05, 0) is 85.2 Å². The third-order valence-electron chi connectivity index (χ3n) is 6.87. The smallest absolute Gasteiger partial charge is 0.264 e. The summed E-state index contributed by atoms with van der Waals surface area (Å²) < 4.78 is 33.2. The molecular formula is C31H33ClN2O5S. The Bertz CT molecular complexity index is 1560. The molecule has 4 rings (SSSR count). The number of benzene rings is 3. The molecule has 2 N–H and O–H groups in total. The number of sulfonamides is 1. The summed E-state index contributed by atoms with van der Waals surface area (Å²) in [6.07, 6.45) is 1.70. The Kier molecular flexibility index (Phi) is 9.32. The highest BCUT2D eigenvalue weighted by Crippen LogP contribution is 2.36. The standard InChI is InChI=1S/C31H33ClN2O5S/c1-20-9-4-7-13-28(20)40(37,38)34-29(35)14-15-33-31(36)27-19-23-10-5-6-11-25(23)26(27)12-8-16-39-24-17-21(2)30(32)22(3)18-24/h4-7,9-11,13,17-18H,8,12,14-16,19H2,1-3H3,(H,33,36)(H,34,35). The maximum Gasteiger partial charge on any atom is 0.264 e. The molecule has 3 aromatic carbocycles. The lowest BCUT2D eigenvalue weighted by Crippen LogP contribution is -2.35. The first-order valence-corrected chi connectivity index (χ1v) is 15.0. The first-order valence-electron chi connectivity index (χ1n) is 13.2. The summed E-state index contributed by atoms with van der Waals surface area (Å²) >= 11 is 6.25. The number of fused-ring (bicyclic) bond motifs is 1. The zero-order valence-corrected chi connectivity index (χ0v) is 24.4. The maximum atomic E-state index is 13.2. The van der Waals surface area contributed by atoms with Crippen molar-refractivity contribution < 1.29 is 22.7 Å². The fourth-order valence-electron chi connectivity index (χ4n) is 4.87. The minimum absolute atomic E-state index is 0.0134. The molecule has 0 radical (unpaired) electrons. The van der Waals surface area contributed by atoms with Crippen molar-refractivity contribution in [2.75, 3.05) is 13.2 Å². The first kappa shape index (κ1) is 29.4. The van der Waals surface area contributed by atoms with E-state index in [9.17, 15) is 18.0 Å². The molecule has 210 valence electrons. The third-order valence-corrected chi connectivity index (χ3v) is 9.00. The second kappa shape index (κ2) is 12.7. The molecule has 0 saturated heterocycles. The number of carbonyl (C=O) groups is 2. The number of rotatable bonds is 11. The van der Waals surface area contributed by atoms with Crippen LogP contribution >= 0.6 is 11.6 Å². The van der Waals surface area contributed by atoms with Crippen molar-refractivity contribution in [3.63, 3.8) is 0 Å². The minimum Gasteiger partial charge on any atom is -0.494 e. The number of amides is 2. The van der Waals surface area contributed by atoms with Gasteiger partial charge >= 0.3 is 0 Å². The minimum atomic E-state index is -3.98. The number of hydrogen-bond acceptors (Lipinski definition) is 5. The second-order valence-electron chi connectivity index (χ2n) is 9.91. The van der Waals surface area contributed by atoms with Crippen LogP contribution in [0.1, 0.15) is 47.1 Å². The molecule has 0 unspecified atom stereocenters. The van der Waals surface area contributed by atoms with Crippen LogP contribution < -0.4 is 14.8 Å². The van der Waals surface area contributed by atoms with E-state index in [0.717, 1.165) is 38.6 Å². The zero-order chi connectivity index (χ0) is 28.9. The summed E-state index contributed by atoms with van der Waals surface area (Å²) in [5, 5.41) is 3.53. The van der Waals surface area contributed by atoms with Gasteiger partial charge in [0, 0.05) is 30.0 Å². The van der Waals surface area contributed by atoms with Crippen LogP contribution in [0.3, 0.4) is 0 Å². The Labute approximate surface area is 240 Å². The summed E-state index contributed by atoms with van der Waals surface area (Å²) in [4.78, 5) is 25.6. The van der Waals surface area contributed by atoms with E-state index >= 15 is 0 Å². The molecule has 0 spiro atoms. The number of ether oxygens (including phenoxy) is 1. The van der Waals surface area contributed by atoms with Crippen molar-refractivity contribution in [3.8, 4) is 5.75 Å². The third kappa shape index (κ3) is 6.92. The van der Waals surface area contributed by atoms with Gasteiger partial charge in [0.2, 0.25) is 11.8 Å². The number of hydrogen-bond donors (Lipinski definition) is 2. The Balaban J connectivity index is 1.35. The molecule has 0 atom stereocenters. The van der Waals surface area contributed by atoms with Crippen LogP contribution in [0.15, 0.2) is 71.1 Å². The average Bonchev–Trinajstić information content (AvgIpc) is 3.28. The van der Waals surface area contributed by atoms with Crippen molar-refractivity contribution >= 4 is 39.0 Å². The molecule has 9 heteroatoms. The van der Waals surface area contributed by atoms with E-state index in [1.165, 1.54) is 6.07 Å². The van der Waals surface area contributed by atoms with E-state index in [-0.39, 0.29) is 23.8 Å². The lowest BCUT2D eigenvalue weighted by atomic mass is 10.0. The quantitative estimate of drug-likeness (QED) is 0.294. The average molecular weight is 581 g/mol. The maximum absolute atomic E-state index is 13.2. The lowest BCUT2D eigenvalue weighted by Gasteiger charge is -2.12. The van der Waals surface area contributed by atoms with Crippen LogP contribution in [-0.2, 0) is 26.0 Å². The number of halogens is 1. The van der Waals surface area contributed by atoms with Gasteiger partial charge in [0.15, 0.2) is 0 Å². The normalized spacial score (nSPS) is 12.7. The zero-order valence-electron chi connectivity index (χ0n) is 22.8. The highest BCUT2D eigenvalue weighted by molar-refractivity contribution is 7.90. The molecule has 1 aliphatic carbocycles. The van der Waals surface area contributed by atoms with E-state index in [4.69, 9.17) is 16.3 Å². The van der Waals surface area contributed by atoms with Gasteiger partial charge in [-0.3, -0.25) is 9.59 Å². The fraction of sp³-hybridized carbons (Fsp3) is 0.290. The van der Waals surface area contributed by atoms with Crippen molar-refractivity contribution in [1.29, 1.82) is 0 Å². The van der Waals surface area contributed by atoms with Crippen molar-refractivity contribution in [1.82, 2.24) is 10.0 Å². The van der Waals surface area contributed by atoms with Crippen LogP contribution in [0.25, 0.3) is 5.57 Å². The van der Waals surface area contributed by atoms with Gasteiger partial charge < -0.3 is 10.1 Å². The highest BCUT2D eigenvalue weighted by Gasteiger charge is 2.26. The monoisotopic (exact) mass is 580 g/mol. The molecule has 3 aromatic rings. The molecular weight excluding hydrogens is 548 g/mol. The predicted molar refractivity (Wildman–Crippen MR) is 157 cm³/mol. The van der Waals surface area contributed by atoms with E-state index in [1.54, 1.807) is 25.1 Å². The van der Waals surface area contributed by atoms with Crippen LogP contribution in [0.2, 0.25) is 5.02 Å². The highest BCUT2D eigenvalue weighted by atomic mass is 35.5. The largest absolute Gasteiger partial charge is 0.494 e. The van der Waals surface area contributed by atoms with Gasteiger partial charge in [0.1, 0.15) is 5.75 Å². The number of carbonyl (C=O) groups excluding carboxylic acids is 2. The molecule has 0 aromatic heterocycles. The number of allylic oxidation sites excluding steroid dienone is 1. The Morgan fingerprint density at radius 1 is 0.950 bits per heavy atom. The van der Waals surface area contributed by atoms with Crippen LogP contribution in [0.5, 0.6) is 5.75 Å². The van der Waals surface area contributed by atoms with Crippen LogP contribution in [0.4, 0.5) is 0 Å². The van der Waals surface area contributed by atoms with Gasteiger partial charge in [-0.2, -0.15) is 0 Å². The van der Waals surface area contributed by atoms with Crippen molar-refractivity contribution in [2.45, 2.75) is 51.3 Å². The number of nitrogens with one attached hydrogen (secondary N) is 2. The van der Waals surface area contributed by atoms with Crippen LogP contribution in [0, 0.1) is 20.8 Å². The Morgan fingerprint density at radius 3 is 2.35 bits per heavy atom. The van der Waals surface area contributed by atoms with E-state index in [1.807, 2.05) is 50.2 Å². The first-order chi connectivity index (χ1) is 19.1. The van der Waals surface area contributed by atoms with E-state index < -0.39 is 15.9 Å². The van der Waals surface area contributed by atoms with E-state index in [2.05, 4.69) is 10.0 Å². The lowest BCUT2D eigenvalue weighted by molar-refractivity contribution is -0.119. The second-order valence-corrected chi connectivity index (χ2v) is 11.9. The molecule has 1 aliphatic rings. The molecule has 0 saturated carbocycles.